The van der Waals surface area contributed by atoms with Crippen LogP contribution in [-0.4, -0.2) is 15.6 Å². The Morgan fingerprint density at radius 2 is 2.14 bits per heavy atom. The molecular weight excluding hydrogens is 266 g/mol. The van der Waals surface area contributed by atoms with Crippen LogP contribution in [0.25, 0.3) is 10.9 Å². The SMILES string of the molecule is CCCCn1c(O)c(N=NC(=O)C2CC2)c2ccccc21. The van der Waals surface area contributed by atoms with Crippen LogP contribution in [0.3, 0.4) is 0 Å². The van der Waals surface area contributed by atoms with Gasteiger partial charge >= 0.3 is 0 Å². The van der Waals surface area contributed by atoms with Gasteiger partial charge < -0.3 is 9.67 Å². The van der Waals surface area contributed by atoms with Crippen molar-refractivity contribution in [1.82, 2.24) is 4.57 Å². The lowest BCUT2D eigenvalue weighted by molar-refractivity contribution is -0.119. The molecule has 21 heavy (non-hydrogen) atoms. The smallest absolute Gasteiger partial charge is 0.267 e. The summed E-state index contributed by atoms with van der Waals surface area (Å²) in [4.78, 5) is 11.7. The number of aromatic nitrogens is 1. The molecule has 3 rings (SSSR count). The molecule has 1 amide bonds. The first-order valence-corrected chi connectivity index (χ1v) is 7.48. The molecule has 1 heterocycles. The topological polar surface area (TPSA) is 66.9 Å². The number of benzene rings is 1. The summed E-state index contributed by atoms with van der Waals surface area (Å²) < 4.78 is 1.84. The third-order valence-electron chi connectivity index (χ3n) is 3.83. The number of azo groups is 1. The molecule has 0 saturated heterocycles. The van der Waals surface area contributed by atoms with Crippen molar-refractivity contribution in [3.05, 3.63) is 24.3 Å². The minimum Gasteiger partial charge on any atom is -0.493 e. The van der Waals surface area contributed by atoms with Crippen LogP contribution in [0.4, 0.5) is 5.69 Å². The van der Waals surface area contributed by atoms with Crippen molar-refractivity contribution in [3.63, 3.8) is 0 Å². The van der Waals surface area contributed by atoms with Gasteiger partial charge in [-0.3, -0.25) is 4.79 Å². The first-order chi connectivity index (χ1) is 10.2. The molecule has 1 N–H and O–H groups in total. The van der Waals surface area contributed by atoms with Crippen LogP contribution in [0, 0.1) is 5.92 Å². The molecule has 110 valence electrons. The zero-order chi connectivity index (χ0) is 14.8. The van der Waals surface area contributed by atoms with E-state index in [9.17, 15) is 9.90 Å². The van der Waals surface area contributed by atoms with E-state index in [0.717, 1.165) is 43.1 Å². The third kappa shape index (κ3) is 2.68. The van der Waals surface area contributed by atoms with Crippen molar-refractivity contribution in [2.75, 3.05) is 0 Å². The average Bonchev–Trinajstić information content (AvgIpc) is 3.30. The molecule has 0 unspecified atom stereocenters. The minimum atomic E-state index is -0.181. The van der Waals surface area contributed by atoms with Crippen LogP contribution in [0.5, 0.6) is 5.88 Å². The van der Waals surface area contributed by atoms with Crippen LogP contribution in [0.2, 0.25) is 0 Å². The second-order valence-corrected chi connectivity index (χ2v) is 5.51. The van der Waals surface area contributed by atoms with Gasteiger partial charge in [0.25, 0.3) is 5.91 Å². The number of nitrogens with zero attached hydrogens (tertiary/aromatic N) is 3. The van der Waals surface area contributed by atoms with E-state index in [1.54, 1.807) is 0 Å². The second-order valence-electron chi connectivity index (χ2n) is 5.51. The molecule has 1 aliphatic carbocycles. The molecule has 1 fully saturated rings. The Labute approximate surface area is 123 Å². The molecule has 5 heteroatoms. The van der Waals surface area contributed by atoms with Crippen molar-refractivity contribution in [2.45, 2.75) is 39.2 Å². The van der Waals surface area contributed by atoms with Crippen molar-refractivity contribution >= 4 is 22.5 Å². The van der Waals surface area contributed by atoms with Crippen LogP contribution < -0.4 is 0 Å². The molecule has 0 spiro atoms. The molecule has 0 aliphatic heterocycles. The van der Waals surface area contributed by atoms with Gasteiger partial charge in [-0.25, -0.2) is 0 Å². The second kappa shape index (κ2) is 5.68. The maximum absolute atomic E-state index is 11.7. The van der Waals surface area contributed by atoms with Gasteiger partial charge in [0, 0.05) is 17.8 Å². The van der Waals surface area contributed by atoms with Crippen molar-refractivity contribution < 1.29 is 9.90 Å². The molecule has 1 aromatic carbocycles. The first-order valence-electron chi connectivity index (χ1n) is 7.48. The Balaban J connectivity index is 2.00. The van der Waals surface area contributed by atoms with E-state index in [0.29, 0.717) is 5.69 Å². The van der Waals surface area contributed by atoms with Crippen molar-refractivity contribution in [1.29, 1.82) is 0 Å². The summed E-state index contributed by atoms with van der Waals surface area (Å²) in [5.41, 5.74) is 1.33. The lowest BCUT2D eigenvalue weighted by Crippen LogP contribution is -1.96. The molecule has 1 aliphatic rings. The Hall–Kier alpha value is -2.17. The van der Waals surface area contributed by atoms with Gasteiger partial charge in [0.15, 0.2) is 5.69 Å². The highest BCUT2D eigenvalue weighted by Crippen LogP contribution is 2.39. The normalized spacial score (nSPS) is 15.1. The summed E-state index contributed by atoms with van der Waals surface area (Å²) >= 11 is 0. The standard InChI is InChI=1S/C16H19N3O2/c1-2-3-10-19-13-7-5-4-6-12(13)14(16(19)21)17-18-15(20)11-8-9-11/h4-7,11,21H,2-3,8-10H2,1H3. The first kappa shape index (κ1) is 13.8. The number of amides is 1. The van der Waals surface area contributed by atoms with E-state index in [1.807, 2.05) is 28.8 Å². The van der Waals surface area contributed by atoms with Gasteiger partial charge in [0.2, 0.25) is 5.88 Å². The summed E-state index contributed by atoms with van der Waals surface area (Å²) in [5, 5.41) is 19.0. The number of rotatable bonds is 5. The van der Waals surface area contributed by atoms with Gasteiger partial charge in [0.05, 0.1) is 5.52 Å². The summed E-state index contributed by atoms with van der Waals surface area (Å²) in [6.45, 7) is 2.84. The molecule has 1 saturated carbocycles. The predicted octanol–water partition coefficient (Wildman–Crippen LogP) is 4.17. The molecule has 0 bridgehead atoms. The fraction of sp³-hybridized carbons (Fsp3) is 0.438. The summed E-state index contributed by atoms with van der Waals surface area (Å²) in [7, 11) is 0. The van der Waals surface area contributed by atoms with Crippen molar-refractivity contribution in [2.24, 2.45) is 16.1 Å². The number of para-hydroxylation sites is 1. The van der Waals surface area contributed by atoms with Crippen molar-refractivity contribution in [3.8, 4) is 5.88 Å². The summed E-state index contributed by atoms with van der Waals surface area (Å²) in [6.07, 6.45) is 3.83. The maximum Gasteiger partial charge on any atom is 0.267 e. The van der Waals surface area contributed by atoms with Crippen LogP contribution >= 0.6 is 0 Å². The number of aromatic hydroxyl groups is 1. The quantitative estimate of drug-likeness (QED) is 0.838. The van der Waals surface area contributed by atoms with E-state index in [4.69, 9.17) is 0 Å². The van der Waals surface area contributed by atoms with E-state index < -0.39 is 0 Å². The third-order valence-corrected chi connectivity index (χ3v) is 3.83. The van der Waals surface area contributed by atoms with Gasteiger partial charge in [0.1, 0.15) is 0 Å². The van der Waals surface area contributed by atoms with Crippen LogP contribution in [0.1, 0.15) is 32.6 Å². The molecule has 0 atom stereocenters. The Bertz CT molecular complexity index is 699. The van der Waals surface area contributed by atoms with Crippen LogP contribution in [-0.2, 0) is 11.3 Å². The van der Waals surface area contributed by atoms with E-state index in [2.05, 4.69) is 17.2 Å². The van der Waals surface area contributed by atoms with Crippen LogP contribution in [0.15, 0.2) is 34.5 Å². The lowest BCUT2D eigenvalue weighted by Gasteiger charge is -2.05. The highest BCUT2D eigenvalue weighted by Gasteiger charge is 2.29. The molecule has 0 radical (unpaired) electrons. The summed E-state index contributed by atoms with van der Waals surface area (Å²) in [6, 6.07) is 7.67. The molecule has 5 nitrogen and oxygen atoms in total. The highest BCUT2D eigenvalue weighted by molar-refractivity contribution is 5.95. The summed E-state index contributed by atoms with van der Waals surface area (Å²) in [5.74, 6) is -0.0406. The Kier molecular flexibility index (Phi) is 3.73. The molecule has 2 aromatic rings. The number of unbranched alkanes of at least 4 members (excludes halogenated alkanes) is 1. The van der Waals surface area contributed by atoms with E-state index >= 15 is 0 Å². The number of fused-ring (bicyclic) bond motifs is 1. The monoisotopic (exact) mass is 285 g/mol. The zero-order valence-corrected chi connectivity index (χ0v) is 12.1. The average molecular weight is 285 g/mol. The molecular formula is C16H19N3O2. The van der Waals surface area contributed by atoms with E-state index in [1.165, 1.54) is 0 Å². The lowest BCUT2D eigenvalue weighted by atomic mass is 10.2. The van der Waals surface area contributed by atoms with Gasteiger partial charge in [-0.2, -0.15) is 0 Å². The number of hydrogen-bond acceptors (Lipinski definition) is 3. The number of aryl methyl sites for hydroxylation is 1. The van der Waals surface area contributed by atoms with E-state index in [-0.39, 0.29) is 17.7 Å². The predicted molar refractivity (Wildman–Crippen MR) is 80.8 cm³/mol. The highest BCUT2D eigenvalue weighted by atomic mass is 16.3. The Morgan fingerprint density at radius 1 is 1.38 bits per heavy atom. The number of carbonyl (C=O) groups excluding carboxylic acids is 1. The van der Waals surface area contributed by atoms with Gasteiger partial charge in [-0.05, 0) is 25.3 Å². The minimum absolute atomic E-state index is 0.0457. The van der Waals surface area contributed by atoms with Gasteiger partial charge in [-0.1, -0.05) is 31.5 Å². The zero-order valence-electron chi connectivity index (χ0n) is 12.1. The van der Waals surface area contributed by atoms with Gasteiger partial charge in [-0.15, -0.1) is 10.2 Å². The largest absolute Gasteiger partial charge is 0.493 e. The maximum atomic E-state index is 11.7. The molecule has 1 aromatic heterocycles. The number of hydrogen-bond donors (Lipinski definition) is 1. The number of carbonyl (C=O) groups is 1. The fourth-order valence-electron chi connectivity index (χ4n) is 2.42. The Morgan fingerprint density at radius 3 is 2.86 bits per heavy atom. The fourth-order valence-corrected chi connectivity index (χ4v) is 2.42.